The SMILES string of the molecule is COc1cc(C2C(C(=O)OC(C)C)=C(C)Nc3nc(SCc4ccccc4Cl)nn32)ccc1OCc1cccc(Br)c1. The van der Waals surface area contributed by atoms with Crippen LogP contribution in [0.15, 0.2) is 87.6 Å². The van der Waals surface area contributed by atoms with Crippen LogP contribution >= 0.6 is 39.3 Å². The molecule has 1 N–H and O–H groups in total. The number of allylic oxidation sites excluding steroid dienone is 1. The van der Waals surface area contributed by atoms with Gasteiger partial charge in [0.1, 0.15) is 12.6 Å². The Bertz CT molecular complexity index is 1640. The third-order valence-corrected chi connectivity index (χ3v) is 8.25. The number of carbonyl (C=O) groups is 1. The number of nitrogens with zero attached hydrogens (tertiary/aromatic N) is 3. The summed E-state index contributed by atoms with van der Waals surface area (Å²) in [7, 11) is 1.59. The first kappa shape index (κ1) is 30.0. The van der Waals surface area contributed by atoms with Gasteiger partial charge in [0.2, 0.25) is 11.1 Å². The van der Waals surface area contributed by atoms with Gasteiger partial charge in [-0.2, -0.15) is 4.98 Å². The summed E-state index contributed by atoms with van der Waals surface area (Å²) in [6.07, 6.45) is -0.291. The highest BCUT2D eigenvalue weighted by molar-refractivity contribution is 9.10. The number of nitrogens with one attached hydrogen (secondary N) is 1. The van der Waals surface area contributed by atoms with Crippen LogP contribution in [0.1, 0.15) is 43.5 Å². The molecule has 42 heavy (non-hydrogen) atoms. The molecule has 218 valence electrons. The average Bonchev–Trinajstić information content (AvgIpc) is 3.36. The maximum absolute atomic E-state index is 13.4. The Balaban J connectivity index is 1.48. The van der Waals surface area contributed by atoms with E-state index in [1.807, 2.05) is 87.5 Å². The molecule has 0 radical (unpaired) electrons. The molecule has 1 unspecified atom stereocenters. The summed E-state index contributed by atoms with van der Waals surface area (Å²) < 4.78 is 20.2. The minimum absolute atomic E-state index is 0.291. The predicted octanol–water partition coefficient (Wildman–Crippen LogP) is 7.81. The summed E-state index contributed by atoms with van der Waals surface area (Å²) in [5, 5.41) is 9.29. The minimum atomic E-state index is -0.609. The Morgan fingerprint density at radius 3 is 2.67 bits per heavy atom. The second-order valence-corrected chi connectivity index (χ2v) is 12.2. The molecule has 1 aromatic heterocycles. The van der Waals surface area contributed by atoms with E-state index in [2.05, 4.69) is 21.2 Å². The number of hydrogen-bond acceptors (Lipinski definition) is 8. The van der Waals surface area contributed by atoms with E-state index in [1.165, 1.54) is 11.8 Å². The van der Waals surface area contributed by atoms with Gasteiger partial charge in [-0.15, -0.1) is 5.10 Å². The number of anilines is 1. The van der Waals surface area contributed by atoms with Crippen LogP contribution in [0.2, 0.25) is 5.02 Å². The smallest absolute Gasteiger partial charge is 0.338 e. The summed E-state index contributed by atoms with van der Waals surface area (Å²) in [4.78, 5) is 18.1. The first-order chi connectivity index (χ1) is 20.2. The molecule has 0 fully saturated rings. The van der Waals surface area contributed by atoms with Gasteiger partial charge in [0.15, 0.2) is 11.5 Å². The second-order valence-electron chi connectivity index (χ2n) is 9.89. The van der Waals surface area contributed by atoms with Crippen LogP contribution in [0.3, 0.4) is 0 Å². The Labute approximate surface area is 262 Å². The van der Waals surface area contributed by atoms with Crippen LogP contribution in [0.25, 0.3) is 0 Å². The van der Waals surface area contributed by atoms with E-state index in [1.54, 1.807) is 11.8 Å². The second kappa shape index (κ2) is 13.2. The van der Waals surface area contributed by atoms with Gasteiger partial charge in [0, 0.05) is 20.9 Å². The predicted molar refractivity (Wildman–Crippen MR) is 168 cm³/mol. The molecule has 1 aliphatic rings. The number of carbonyl (C=O) groups excluding carboxylic acids is 1. The van der Waals surface area contributed by atoms with Crippen molar-refractivity contribution in [3.8, 4) is 11.5 Å². The molecule has 5 rings (SSSR count). The summed E-state index contributed by atoms with van der Waals surface area (Å²) in [6, 6.07) is 20.6. The summed E-state index contributed by atoms with van der Waals surface area (Å²) in [5.74, 6) is 1.80. The highest BCUT2D eigenvalue weighted by Gasteiger charge is 2.36. The van der Waals surface area contributed by atoms with Gasteiger partial charge in [-0.05, 0) is 67.8 Å². The highest BCUT2D eigenvalue weighted by atomic mass is 79.9. The number of methoxy groups -OCH3 is 1. The van der Waals surface area contributed by atoms with E-state index in [0.717, 1.165) is 21.2 Å². The topological polar surface area (TPSA) is 87.5 Å². The summed E-state index contributed by atoms with van der Waals surface area (Å²) in [6.45, 7) is 5.85. The fourth-order valence-corrected chi connectivity index (χ4v) is 6.12. The van der Waals surface area contributed by atoms with Crippen LogP contribution in [-0.2, 0) is 21.9 Å². The molecule has 0 amide bonds. The number of ether oxygens (including phenoxy) is 3. The third-order valence-electron chi connectivity index (χ3n) is 6.50. The van der Waals surface area contributed by atoms with Crippen molar-refractivity contribution in [2.45, 2.75) is 50.4 Å². The summed E-state index contributed by atoms with van der Waals surface area (Å²) >= 11 is 11.3. The van der Waals surface area contributed by atoms with Gasteiger partial charge < -0.3 is 19.5 Å². The lowest BCUT2D eigenvalue weighted by atomic mass is 9.95. The van der Waals surface area contributed by atoms with Crippen molar-refractivity contribution in [3.63, 3.8) is 0 Å². The number of benzene rings is 3. The number of rotatable bonds is 10. The molecule has 8 nitrogen and oxygen atoms in total. The first-order valence-electron chi connectivity index (χ1n) is 13.3. The molecule has 0 spiro atoms. The fourth-order valence-electron chi connectivity index (χ4n) is 4.56. The van der Waals surface area contributed by atoms with E-state index in [4.69, 9.17) is 35.9 Å². The van der Waals surface area contributed by atoms with Crippen molar-refractivity contribution < 1.29 is 19.0 Å². The molecular formula is C31H30BrClN4O4S. The quantitative estimate of drug-likeness (QED) is 0.135. The number of thioether (sulfide) groups is 1. The Hall–Kier alpha value is -3.47. The van der Waals surface area contributed by atoms with Gasteiger partial charge in [-0.3, -0.25) is 0 Å². The first-order valence-corrected chi connectivity index (χ1v) is 15.5. The van der Waals surface area contributed by atoms with Gasteiger partial charge in [-0.25, -0.2) is 9.48 Å². The lowest BCUT2D eigenvalue weighted by Crippen LogP contribution is -2.30. The van der Waals surface area contributed by atoms with Crippen molar-refractivity contribution >= 4 is 51.2 Å². The van der Waals surface area contributed by atoms with Crippen LogP contribution in [0.5, 0.6) is 11.5 Å². The van der Waals surface area contributed by atoms with Crippen LogP contribution in [0.4, 0.5) is 5.95 Å². The molecule has 2 heterocycles. The van der Waals surface area contributed by atoms with E-state index in [-0.39, 0.29) is 6.10 Å². The van der Waals surface area contributed by atoms with Crippen LogP contribution in [-0.4, -0.2) is 33.9 Å². The number of aromatic nitrogens is 3. The van der Waals surface area contributed by atoms with E-state index in [0.29, 0.717) is 51.3 Å². The highest BCUT2D eigenvalue weighted by Crippen LogP contribution is 2.40. The van der Waals surface area contributed by atoms with Crippen LogP contribution in [0, 0.1) is 0 Å². The monoisotopic (exact) mass is 668 g/mol. The standard InChI is InChI=1S/C31H30BrClN4O4S/c1-18(2)41-29(38)27-19(3)34-30-35-31(42-17-22-9-5-6-11-24(22)33)36-37(30)28(27)21-12-13-25(26(15-21)39-4)40-16-20-8-7-10-23(32)14-20/h5-15,18,28H,16-17H2,1-4H3,(H,34,35,36). The lowest BCUT2D eigenvalue weighted by Gasteiger charge is -2.29. The molecule has 3 aromatic carbocycles. The van der Waals surface area contributed by atoms with Crippen molar-refractivity contribution in [2.24, 2.45) is 0 Å². The zero-order valence-electron chi connectivity index (χ0n) is 23.6. The van der Waals surface area contributed by atoms with Crippen LogP contribution < -0.4 is 14.8 Å². The third kappa shape index (κ3) is 6.77. The normalized spacial score (nSPS) is 14.4. The Morgan fingerprint density at radius 1 is 1.12 bits per heavy atom. The average molecular weight is 670 g/mol. The van der Waals surface area contributed by atoms with Crippen molar-refractivity contribution in [3.05, 3.63) is 104 Å². The van der Waals surface area contributed by atoms with Crippen molar-refractivity contribution in [1.29, 1.82) is 0 Å². The van der Waals surface area contributed by atoms with Gasteiger partial charge in [-0.1, -0.05) is 75.7 Å². The molecule has 0 bridgehead atoms. The largest absolute Gasteiger partial charge is 0.493 e. The number of hydrogen-bond donors (Lipinski definition) is 1. The summed E-state index contributed by atoms with van der Waals surface area (Å²) in [5.41, 5.74) is 3.85. The lowest BCUT2D eigenvalue weighted by molar-refractivity contribution is -0.143. The van der Waals surface area contributed by atoms with E-state index < -0.39 is 12.0 Å². The minimum Gasteiger partial charge on any atom is -0.493 e. The van der Waals surface area contributed by atoms with Gasteiger partial charge in [0.25, 0.3) is 0 Å². The molecule has 11 heteroatoms. The number of fused-ring (bicyclic) bond motifs is 1. The van der Waals surface area contributed by atoms with Gasteiger partial charge in [0.05, 0.1) is 18.8 Å². The van der Waals surface area contributed by atoms with Crippen molar-refractivity contribution in [1.82, 2.24) is 14.8 Å². The molecule has 0 aliphatic carbocycles. The zero-order valence-corrected chi connectivity index (χ0v) is 26.7. The molecular weight excluding hydrogens is 640 g/mol. The molecule has 1 aliphatic heterocycles. The molecule has 0 saturated heterocycles. The van der Waals surface area contributed by atoms with Gasteiger partial charge >= 0.3 is 5.97 Å². The number of halogens is 2. The zero-order chi connectivity index (χ0) is 29.8. The Kier molecular flexibility index (Phi) is 9.45. The molecule has 0 saturated carbocycles. The molecule has 4 aromatic rings. The Morgan fingerprint density at radius 2 is 1.93 bits per heavy atom. The van der Waals surface area contributed by atoms with E-state index >= 15 is 0 Å². The fraction of sp³-hybridized carbons (Fsp3) is 0.258. The molecule has 1 atom stereocenters. The van der Waals surface area contributed by atoms with E-state index in [9.17, 15) is 4.79 Å². The maximum Gasteiger partial charge on any atom is 0.338 e. The number of esters is 1. The van der Waals surface area contributed by atoms with Crippen molar-refractivity contribution in [2.75, 3.05) is 12.4 Å². The maximum atomic E-state index is 13.4.